The average molecular weight is 466 g/mol. The summed E-state index contributed by atoms with van der Waals surface area (Å²) >= 11 is 0. The van der Waals surface area contributed by atoms with Gasteiger partial charge in [0.1, 0.15) is 12.4 Å². The van der Waals surface area contributed by atoms with Crippen LogP contribution in [0.2, 0.25) is 0 Å². The number of anilines is 1. The van der Waals surface area contributed by atoms with Gasteiger partial charge < -0.3 is 19.4 Å². The maximum Gasteiger partial charge on any atom is 0.257 e. The van der Waals surface area contributed by atoms with E-state index in [0.717, 1.165) is 24.9 Å². The Bertz CT molecular complexity index is 973. The zero-order chi connectivity index (χ0) is 24.7. The van der Waals surface area contributed by atoms with E-state index in [9.17, 15) is 9.59 Å². The standard InChI is InChI=1S/C28H39N3O3/c1-6-30-16-9-10-17-31(27(32)22-12-11-13-23(19-22)29(4)5)24(18-21(2)3)20-34-26-15-8-7-14-25(26)28(30)33/h7-8,11-15,19,21,24H,6,9-10,16-18,20H2,1-5H3/t24-/m0/s1. The Labute approximate surface area is 204 Å². The van der Waals surface area contributed by atoms with Gasteiger partial charge in [0.2, 0.25) is 0 Å². The van der Waals surface area contributed by atoms with E-state index < -0.39 is 0 Å². The molecule has 0 bridgehead atoms. The van der Waals surface area contributed by atoms with Crippen molar-refractivity contribution < 1.29 is 14.3 Å². The van der Waals surface area contributed by atoms with Crippen LogP contribution in [0.15, 0.2) is 48.5 Å². The van der Waals surface area contributed by atoms with Crippen LogP contribution in [0.4, 0.5) is 5.69 Å². The minimum atomic E-state index is -0.0830. The Hall–Kier alpha value is -3.02. The van der Waals surface area contributed by atoms with E-state index in [1.807, 2.05) is 84.2 Å². The summed E-state index contributed by atoms with van der Waals surface area (Å²) in [5.41, 5.74) is 2.28. The first-order valence-corrected chi connectivity index (χ1v) is 12.4. The summed E-state index contributed by atoms with van der Waals surface area (Å²) in [6.07, 6.45) is 2.51. The van der Waals surface area contributed by atoms with Crippen LogP contribution in [0.3, 0.4) is 0 Å². The Balaban J connectivity index is 1.96. The fourth-order valence-corrected chi connectivity index (χ4v) is 4.48. The Kier molecular flexibility index (Phi) is 8.97. The van der Waals surface area contributed by atoms with Gasteiger partial charge in [0.05, 0.1) is 11.6 Å². The fraction of sp³-hybridized carbons (Fsp3) is 0.500. The molecule has 2 amide bonds. The summed E-state index contributed by atoms with van der Waals surface area (Å²) in [6, 6.07) is 15.2. The highest BCUT2D eigenvalue weighted by Gasteiger charge is 2.28. The number of carbonyl (C=O) groups is 2. The topological polar surface area (TPSA) is 53.1 Å². The van der Waals surface area contributed by atoms with Gasteiger partial charge >= 0.3 is 0 Å². The van der Waals surface area contributed by atoms with Crippen LogP contribution in [0, 0.1) is 5.92 Å². The van der Waals surface area contributed by atoms with Gasteiger partial charge in [-0.3, -0.25) is 9.59 Å². The van der Waals surface area contributed by atoms with Crippen molar-refractivity contribution in [1.82, 2.24) is 9.80 Å². The highest BCUT2D eigenvalue weighted by Crippen LogP contribution is 2.25. The number of para-hydroxylation sites is 1. The lowest BCUT2D eigenvalue weighted by molar-refractivity contribution is 0.0555. The summed E-state index contributed by atoms with van der Waals surface area (Å²) in [5.74, 6) is 1.03. The van der Waals surface area contributed by atoms with Crippen molar-refractivity contribution in [3.8, 4) is 5.75 Å². The van der Waals surface area contributed by atoms with Crippen molar-refractivity contribution in [2.45, 2.75) is 46.1 Å². The lowest BCUT2D eigenvalue weighted by Gasteiger charge is -2.34. The number of nitrogens with zero attached hydrogens (tertiary/aromatic N) is 3. The van der Waals surface area contributed by atoms with E-state index in [0.29, 0.717) is 49.0 Å². The van der Waals surface area contributed by atoms with Crippen molar-refractivity contribution in [2.24, 2.45) is 5.92 Å². The minimum Gasteiger partial charge on any atom is -0.491 e. The van der Waals surface area contributed by atoms with Gasteiger partial charge in [0, 0.05) is 45.0 Å². The van der Waals surface area contributed by atoms with E-state index >= 15 is 0 Å². The molecule has 0 fully saturated rings. The van der Waals surface area contributed by atoms with Crippen LogP contribution in [-0.2, 0) is 0 Å². The molecule has 0 N–H and O–H groups in total. The predicted octanol–water partition coefficient (Wildman–Crippen LogP) is 4.94. The number of amides is 2. The molecule has 0 saturated carbocycles. The molecule has 0 radical (unpaired) electrons. The van der Waals surface area contributed by atoms with Gasteiger partial charge in [-0.1, -0.05) is 32.0 Å². The second-order valence-electron chi connectivity index (χ2n) is 9.63. The van der Waals surface area contributed by atoms with Crippen molar-refractivity contribution in [3.63, 3.8) is 0 Å². The first-order chi connectivity index (χ1) is 16.3. The molecule has 0 unspecified atom stereocenters. The molecule has 0 aromatic heterocycles. The Morgan fingerprint density at radius 3 is 2.53 bits per heavy atom. The van der Waals surface area contributed by atoms with Crippen LogP contribution in [0.1, 0.15) is 60.7 Å². The largest absolute Gasteiger partial charge is 0.491 e. The van der Waals surface area contributed by atoms with Crippen LogP contribution in [0.5, 0.6) is 5.75 Å². The third-order valence-electron chi connectivity index (χ3n) is 6.35. The quantitative estimate of drug-likeness (QED) is 0.627. The van der Waals surface area contributed by atoms with Crippen molar-refractivity contribution >= 4 is 17.5 Å². The van der Waals surface area contributed by atoms with E-state index in [1.165, 1.54) is 0 Å². The second kappa shape index (κ2) is 11.9. The number of rotatable bonds is 5. The number of benzene rings is 2. The molecule has 2 aromatic rings. The first kappa shape index (κ1) is 25.6. The van der Waals surface area contributed by atoms with E-state index in [1.54, 1.807) is 0 Å². The van der Waals surface area contributed by atoms with Gasteiger partial charge in [0.15, 0.2) is 0 Å². The summed E-state index contributed by atoms with van der Waals surface area (Å²) in [5, 5.41) is 0. The summed E-state index contributed by atoms with van der Waals surface area (Å²) in [6.45, 7) is 8.64. The van der Waals surface area contributed by atoms with E-state index in [4.69, 9.17) is 4.74 Å². The van der Waals surface area contributed by atoms with Gasteiger partial charge in [-0.15, -0.1) is 0 Å². The molecule has 0 saturated heterocycles. The summed E-state index contributed by atoms with van der Waals surface area (Å²) < 4.78 is 6.27. The molecule has 1 heterocycles. The number of carbonyl (C=O) groups excluding carboxylic acids is 2. The molecular formula is C28H39N3O3. The molecule has 1 atom stereocenters. The number of hydrogen-bond donors (Lipinski definition) is 0. The maximum absolute atomic E-state index is 13.8. The maximum atomic E-state index is 13.8. The molecular weight excluding hydrogens is 426 g/mol. The van der Waals surface area contributed by atoms with Crippen molar-refractivity contribution in [2.75, 3.05) is 45.2 Å². The molecule has 1 aliphatic heterocycles. The number of fused-ring (bicyclic) bond motifs is 1. The number of ether oxygens (including phenoxy) is 1. The normalized spacial score (nSPS) is 17.5. The lowest BCUT2D eigenvalue weighted by atomic mass is 10.0. The lowest BCUT2D eigenvalue weighted by Crippen LogP contribution is -2.45. The molecule has 0 spiro atoms. The average Bonchev–Trinajstić information content (AvgIpc) is 2.83. The second-order valence-corrected chi connectivity index (χ2v) is 9.63. The Morgan fingerprint density at radius 1 is 1.09 bits per heavy atom. The fourth-order valence-electron chi connectivity index (χ4n) is 4.48. The Morgan fingerprint density at radius 2 is 1.82 bits per heavy atom. The molecule has 184 valence electrons. The van der Waals surface area contributed by atoms with Gasteiger partial charge in [-0.2, -0.15) is 0 Å². The van der Waals surface area contributed by atoms with Gasteiger partial charge in [-0.25, -0.2) is 0 Å². The van der Waals surface area contributed by atoms with Crippen molar-refractivity contribution in [1.29, 1.82) is 0 Å². The SMILES string of the molecule is CCN1CCCCN(C(=O)c2cccc(N(C)C)c2)[C@@H](CC(C)C)COc2ccccc2C1=O. The first-order valence-electron chi connectivity index (χ1n) is 12.4. The zero-order valence-electron chi connectivity index (χ0n) is 21.3. The highest BCUT2D eigenvalue weighted by molar-refractivity contribution is 5.97. The summed E-state index contributed by atoms with van der Waals surface area (Å²) in [7, 11) is 3.96. The molecule has 3 rings (SSSR count). The molecule has 34 heavy (non-hydrogen) atoms. The van der Waals surface area contributed by atoms with Gasteiger partial charge in [0.25, 0.3) is 11.8 Å². The smallest absolute Gasteiger partial charge is 0.257 e. The third-order valence-corrected chi connectivity index (χ3v) is 6.35. The van der Waals surface area contributed by atoms with Crippen LogP contribution in [0.25, 0.3) is 0 Å². The van der Waals surface area contributed by atoms with E-state index in [2.05, 4.69) is 13.8 Å². The van der Waals surface area contributed by atoms with Crippen LogP contribution in [-0.4, -0.2) is 68.0 Å². The van der Waals surface area contributed by atoms with Crippen molar-refractivity contribution in [3.05, 3.63) is 59.7 Å². The zero-order valence-corrected chi connectivity index (χ0v) is 21.3. The van der Waals surface area contributed by atoms with Gasteiger partial charge in [-0.05, 0) is 62.4 Å². The van der Waals surface area contributed by atoms with E-state index in [-0.39, 0.29) is 17.9 Å². The highest BCUT2D eigenvalue weighted by atomic mass is 16.5. The summed E-state index contributed by atoms with van der Waals surface area (Å²) in [4.78, 5) is 32.8. The molecule has 6 heteroatoms. The third kappa shape index (κ3) is 6.31. The molecule has 6 nitrogen and oxygen atoms in total. The van der Waals surface area contributed by atoms with Crippen LogP contribution < -0.4 is 9.64 Å². The molecule has 0 aliphatic carbocycles. The number of hydrogen-bond acceptors (Lipinski definition) is 4. The van der Waals surface area contributed by atoms with Crippen LogP contribution >= 0.6 is 0 Å². The molecule has 1 aliphatic rings. The predicted molar refractivity (Wildman–Crippen MR) is 138 cm³/mol. The molecule has 2 aromatic carbocycles. The minimum absolute atomic E-state index is 0.00696. The monoisotopic (exact) mass is 465 g/mol.